The lowest BCUT2D eigenvalue weighted by atomic mass is 10.1. The number of rotatable bonds is 6. The Labute approximate surface area is 136 Å². The molecule has 0 aliphatic heterocycles. The van der Waals surface area contributed by atoms with E-state index < -0.39 is 0 Å². The first-order chi connectivity index (χ1) is 11.1. The summed E-state index contributed by atoms with van der Waals surface area (Å²) < 4.78 is 0. The Morgan fingerprint density at radius 3 is 2.57 bits per heavy atom. The summed E-state index contributed by atoms with van der Waals surface area (Å²) in [4.78, 5) is 14.0. The number of nitrogens with one attached hydrogen (secondary N) is 1. The Morgan fingerprint density at radius 1 is 1.22 bits per heavy atom. The molecule has 0 unspecified atom stereocenters. The third-order valence-electron chi connectivity index (χ3n) is 3.54. The number of hydrogen-bond acceptors (Lipinski definition) is 4. The lowest BCUT2D eigenvalue weighted by Crippen LogP contribution is -2.21. The monoisotopic (exact) mass is 311 g/mol. The van der Waals surface area contributed by atoms with Crippen molar-refractivity contribution in [2.24, 2.45) is 5.10 Å². The zero-order valence-corrected chi connectivity index (χ0v) is 13.4. The molecule has 0 saturated heterocycles. The molecule has 0 radical (unpaired) electrons. The van der Waals surface area contributed by atoms with Crippen LogP contribution in [0, 0.1) is 6.92 Å². The van der Waals surface area contributed by atoms with Crippen molar-refractivity contribution in [2.45, 2.75) is 6.92 Å². The number of benzene rings is 2. The summed E-state index contributed by atoms with van der Waals surface area (Å²) in [7, 11) is 1.92. The predicted molar refractivity (Wildman–Crippen MR) is 93.0 cm³/mol. The van der Waals surface area contributed by atoms with Gasteiger partial charge in [-0.15, -0.1) is 0 Å². The van der Waals surface area contributed by atoms with Crippen LogP contribution in [0.2, 0.25) is 0 Å². The van der Waals surface area contributed by atoms with Gasteiger partial charge in [-0.2, -0.15) is 5.10 Å². The number of aryl methyl sites for hydroxylation is 1. The zero-order chi connectivity index (χ0) is 16.7. The quantitative estimate of drug-likeness (QED) is 0.635. The first kappa shape index (κ1) is 16.7. The maximum atomic E-state index is 12.0. The fraction of sp³-hybridized carbons (Fsp3) is 0.222. The Bertz CT molecular complexity index is 681. The molecule has 0 heterocycles. The van der Waals surface area contributed by atoms with Gasteiger partial charge in [-0.25, -0.2) is 5.43 Å². The Kier molecular flexibility index (Phi) is 5.88. The maximum absolute atomic E-state index is 12.0. The Morgan fingerprint density at radius 2 is 1.91 bits per heavy atom. The van der Waals surface area contributed by atoms with E-state index in [0.29, 0.717) is 12.1 Å². The van der Waals surface area contributed by atoms with E-state index in [2.05, 4.69) is 10.5 Å². The molecule has 0 bridgehead atoms. The van der Waals surface area contributed by atoms with Gasteiger partial charge in [0.1, 0.15) is 0 Å². The van der Waals surface area contributed by atoms with E-state index in [1.54, 1.807) is 12.3 Å². The third kappa shape index (κ3) is 4.66. The topological polar surface area (TPSA) is 64.9 Å². The second-order valence-corrected chi connectivity index (χ2v) is 5.25. The molecule has 5 heteroatoms. The number of aliphatic hydroxyl groups is 1. The largest absolute Gasteiger partial charge is 0.395 e. The van der Waals surface area contributed by atoms with E-state index in [0.717, 1.165) is 16.8 Å². The SMILES string of the molecule is Cc1ccccc1C(=O)N/N=C\c1ccc(N(C)CCO)cc1. The first-order valence-corrected chi connectivity index (χ1v) is 7.43. The van der Waals surface area contributed by atoms with Crippen LogP contribution >= 0.6 is 0 Å². The number of hydrogen-bond donors (Lipinski definition) is 2. The van der Waals surface area contributed by atoms with E-state index >= 15 is 0 Å². The number of hydrazone groups is 1. The second kappa shape index (κ2) is 8.10. The van der Waals surface area contributed by atoms with Gasteiger partial charge in [0.2, 0.25) is 0 Å². The average molecular weight is 311 g/mol. The van der Waals surface area contributed by atoms with Crippen molar-refractivity contribution in [3.8, 4) is 0 Å². The number of carbonyl (C=O) groups excluding carboxylic acids is 1. The fourth-order valence-corrected chi connectivity index (χ4v) is 2.15. The summed E-state index contributed by atoms with van der Waals surface area (Å²) in [5.41, 5.74) is 5.96. The summed E-state index contributed by atoms with van der Waals surface area (Å²) in [6, 6.07) is 15.1. The van der Waals surface area contributed by atoms with E-state index in [4.69, 9.17) is 5.11 Å². The van der Waals surface area contributed by atoms with Crippen LogP contribution in [0.4, 0.5) is 5.69 Å². The van der Waals surface area contributed by atoms with Gasteiger partial charge in [0.15, 0.2) is 0 Å². The zero-order valence-electron chi connectivity index (χ0n) is 13.4. The molecule has 2 aromatic carbocycles. The summed E-state index contributed by atoms with van der Waals surface area (Å²) in [6.45, 7) is 2.59. The molecule has 23 heavy (non-hydrogen) atoms. The average Bonchev–Trinajstić information content (AvgIpc) is 2.56. The van der Waals surface area contributed by atoms with Crippen molar-refractivity contribution in [2.75, 3.05) is 25.1 Å². The molecule has 2 N–H and O–H groups in total. The summed E-state index contributed by atoms with van der Waals surface area (Å²) in [5.74, 6) is -0.223. The highest BCUT2D eigenvalue weighted by Gasteiger charge is 2.06. The van der Waals surface area contributed by atoms with Crippen molar-refractivity contribution in [3.63, 3.8) is 0 Å². The van der Waals surface area contributed by atoms with Crippen molar-refractivity contribution in [1.29, 1.82) is 0 Å². The van der Waals surface area contributed by atoms with Gasteiger partial charge < -0.3 is 10.0 Å². The predicted octanol–water partition coefficient (Wildman–Crippen LogP) is 2.19. The molecule has 0 aliphatic rings. The Balaban J connectivity index is 1.95. The highest BCUT2D eigenvalue weighted by Crippen LogP contribution is 2.12. The third-order valence-corrected chi connectivity index (χ3v) is 3.54. The lowest BCUT2D eigenvalue weighted by Gasteiger charge is -2.17. The molecular formula is C18H21N3O2. The number of nitrogens with zero attached hydrogens (tertiary/aromatic N) is 2. The molecule has 2 aromatic rings. The van der Waals surface area contributed by atoms with Crippen LogP contribution in [0.5, 0.6) is 0 Å². The molecular weight excluding hydrogens is 290 g/mol. The van der Waals surface area contributed by atoms with Crippen LogP contribution < -0.4 is 10.3 Å². The number of likely N-dealkylation sites (N-methyl/N-ethyl adjacent to an activating group) is 1. The normalized spacial score (nSPS) is 10.7. The molecule has 0 fully saturated rings. The van der Waals surface area contributed by atoms with Crippen molar-refractivity contribution in [1.82, 2.24) is 5.43 Å². The highest BCUT2D eigenvalue weighted by atomic mass is 16.3. The van der Waals surface area contributed by atoms with E-state index in [1.165, 1.54) is 0 Å². The van der Waals surface area contributed by atoms with Crippen LogP contribution in [0.25, 0.3) is 0 Å². The molecule has 1 amide bonds. The standard InChI is InChI=1S/C18H21N3O2/c1-14-5-3-4-6-17(14)18(23)20-19-13-15-7-9-16(10-8-15)21(2)11-12-22/h3-10,13,22H,11-12H2,1-2H3,(H,20,23)/b19-13-. The van der Waals surface area contributed by atoms with Gasteiger partial charge in [0, 0.05) is 24.8 Å². The number of amides is 1. The van der Waals surface area contributed by atoms with Crippen molar-refractivity contribution in [3.05, 3.63) is 65.2 Å². The Hall–Kier alpha value is -2.66. The molecule has 0 spiro atoms. The first-order valence-electron chi connectivity index (χ1n) is 7.43. The minimum absolute atomic E-state index is 0.116. The van der Waals surface area contributed by atoms with Gasteiger partial charge in [-0.3, -0.25) is 4.79 Å². The molecule has 0 saturated carbocycles. The van der Waals surface area contributed by atoms with E-state index in [-0.39, 0.29) is 12.5 Å². The van der Waals surface area contributed by atoms with Gasteiger partial charge in [0.25, 0.3) is 5.91 Å². The molecule has 2 rings (SSSR count). The number of carbonyl (C=O) groups is 1. The molecule has 0 atom stereocenters. The van der Waals surface area contributed by atoms with Gasteiger partial charge in [0.05, 0.1) is 12.8 Å². The van der Waals surface area contributed by atoms with E-state index in [1.807, 2.05) is 61.3 Å². The van der Waals surface area contributed by atoms with E-state index in [9.17, 15) is 4.79 Å². The van der Waals surface area contributed by atoms with Gasteiger partial charge in [-0.05, 0) is 36.2 Å². The van der Waals surface area contributed by atoms with Crippen LogP contribution in [0.1, 0.15) is 21.5 Å². The van der Waals surface area contributed by atoms with Gasteiger partial charge >= 0.3 is 0 Å². The van der Waals surface area contributed by atoms with Crippen LogP contribution in [0.15, 0.2) is 53.6 Å². The maximum Gasteiger partial charge on any atom is 0.271 e. The second-order valence-electron chi connectivity index (χ2n) is 5.25. The molecule has 5 nitrogen and oxygen atoms in total. The summed E-state index contributed by atoms with van der Waals surface area (Å²) >= 11 is 0. The van der Waals surface area contributed by atoms with Crippen LogP contribution in [-0.2, 0) is 0 Å². The minimum atomic E-state index is -0.223. The van der Waals surface area contributed by atoms with Crippen molar-refractivity contribution >= 4 is 17.8 Å². The van der Waals surface area contributed by atoms with Crippen LogP contribution in [0.3, 0.4) is 0 Å². The summed E-state index contributed by atoms with van der Waals surface area (Å²) in [5, 5.41) is 12.9. The molecule has 0 aliphatic carbocycles. The number of aliphatic hydroxyl groups excluding tert-OH is 1. The molecule has 0 aromatic heterocycles. The van der Waals surface area contributed by atoms with Crippen molar-refractivity contribution < 1.29 is 9.90 Å². The highest BCUT2D eigenvalue weighted by molar-refractivity contribution is 5.96. The fourth-order valence-electron chi connectivity index (χ4n) is 2.15. The summed E-state index contributed by atoms with van der Waals surface area (Å²) in [6.07, 6.45) is 1.60. The smallest absolute Gasteiger partial charge is 0.271 e. The number of anilines is 1. The minimum Gasteiger partial charge on any atom is -0.395 e. The lowest BCUT2D eigenvalue weighted by molar-refractivity contribution is 0.0954. The van der Waals surface area contributed by atoms with Crippen LogP contribution in [-0.4, -0.2) is 37.4 Å². The molecule has 120 valence electrons. The van der Waals surface area contributed by atoms with Gasteiger partial charge in [-0.1, -0.05) is 30.3 Å².